The molecule has 3 atom stereocenters. The summed E-state index contributed by atoms with van der Waals surface area (Å²) in [6.45, 7) is 9.03. The number of nitrogens with zero attached hydrogens (tertiary/aromatic N) is 3. The smallest absolute Gasteiger partial charge is 0.410 e. The molecule has 182 valence electrons. The number of likely N-dealkylation sites (tertiary alicyclic amines) is 1. The third-order valence-electron chi connectivity index (χ3n) is 7.02. The van der Waals surface area contributed by atoms with Crippen molar-refractivity contribution in [2.75, 3.05) is 31.6 Å². The molecular formula is C24H28F2N4O4. The van der Waals surface area contributed by atoms with Crippen LogP contribution in [-0.4, -0.2) is 59.0 Å². The molecule has 5 rings (SSSR count). The number of hydrogen-bond donors (Lipinski definition) is 1. The number of rotatable bonds is 5. The molecule has 34 heavy (non-hydrogen) atoms. The molecule has 0 spiro atoms. The van der Waals surface area contributed by atoms with Crippen molar-refractivity contribution in [3.8, 4) is 5.88 Å². The molecule has 1 saturated carbocycles. The van der Waals surface area contributed by atoms with E-state index >= 15 is 4.39 Å². The Morgan fingerprint density at radius 2 is 1.94 bits per heavy atom. The zero-order valence-corrected chi connectivity index (χ0v) is 19.2. The van der Waals surface area contributed by atoms with Gasteiger partial charge in [0.05, 0.1) is 13.2 Å². The molecule has 0 radical (unpaired) electrons. The molecule has 3 fully saturated rings. The average molecular weight is 475 g/mol. The maximum atomic E-state index is 15.3. The van der Waals surface area contributed by atoms with Crippen molar-refractivity contribution < 1.29 is 27.8 Å². The van der Waals surface area contributed by atoms with Gasteiger partial charge in [-0.25, -0.2) is 14.2 Å². The van der Waals surface area contributed by atoms with Crippen molar-refractivity contribution in [1.82, 2.24) is 14.9 Å². The van der Waals surface area contributed by atoms with E-state index in [1.807, 2.05) is 6.92 Å². The SMILES string of the molecule is C=C1C(F)=CC=C(Nc2ncnc(OC3C4COCC3CN(C(=O)OC3(C)CC3)C4)c2F)C1C. The van der Waals surface area contributed by atoms with E-state index in [0.29, 0.717) is 37.6 Å². The summed E-state index contributed by atoms with van der Waals surface area (Å²) in [4.78, 5) is 22.3. The van der Waals surface area contributed by atoms with E-state index < -0.39 is 11.6 Å². The van der Waals surface area contributed by atoms with Crippen LogP contribution in [0.3, 0.4) is 0 Å². The largest absolute Gasteiger partial charge is 0.471 e. The molecule has 10 heteroatoms. The van der Waals surface area contributed by atoms with Crippen LogP contribution >= 0.6 is 0 Å². The van der Waals surface area contributed by atoms with Crippen LogP contribution in [0.25, 0.3) is 0 Å². The van der Waals surface area contributed by atoms with Crippen molar-refractivity contribution in [2.24, 2.45) is 17.8 Å². The monoisotopic (exact) mass is 474 g/mol. The first kappa shape index (κ1) is 22.8. The first-order chi connectivity index (χ1) is 16.2. The van der Waals surface area contributed by atoms with Crippen LogP contribution in [0.1, 0.15) is 26.7 Å². The normalized spacial score (nSPS) is 29.6. The van der Waals surface area contributed by atoms with Crippen molar-refractivity contribution in [3.63, 3.8) is 0 Å². The summed E-state index contributed by atoms with van der Waals surface area (Å²) in [6.07, 6.45) is 5.11. The zero-order chi connectivity index (χ0) is 24.0. The van der Waals surface area contributed by atoms with E-state index in [0.717, 1.165) is 12.8 Å². The molecule has 2 aliphatic carbocycles. The predicted octanol–water partition coefficient (Wildman–Crippen LogP) is 3.99. The first-order valence-electron chi connectivity index (χ1n) is 11.5. The van der Waals surface area contributed by atoms with Gasteiger partial charge < -0.3 is 24.4 Å². The minimum atomic E-state index is -0.737. The number of anilines is 1. The van der Waals surface area contributed by atoms with E-state index in [9.17, 15) is 9.18 Å². The highest BCUT2D eigenvalue weighted by Gasteiger charge is 2.47. The molecule has 1 aromatic heterocycles. The molecular weight excluding hydrogens is 446 g/mol. The van der Waals surface area contributed by atoms with Crippen molar-refractivity contribution in [1.29, 1.82) is 0 Å². The topological polar surface area (TPSA) is 85.8 Å². The highest BCUT2D eigenvalue weighted by molar-refractivity contribution is 5.68. The van der Waals surface area contributed by atoms with Gasteiger partial charge in [0.25, 0.3) is 5.88 Å². The fourth-order valence-corrected chi connectivity index (χ4v) is 4.54. The summed E-state index contributed by atoms with van der Waals surface area (Å²) in [5.74, 6) is -2.02. The minimum absolute atomic E-state index is 0.0632. The summed E-state index contributed by atoms with van der Waals surface area (Å²) in [5.41, 5.74) is 0.532. The number of amides is 1. The van der Waals surface area contributed by atoms with Gasteiger partial charge in [-0.2, -0.15) is 9.37 Å². The number of allylic oxidation sites excluding steroid dienone is 4. The second-order valence-electron chi connectivity index (χ2n) is 9.71. The van der Waals surface area contributed by atoms with Crippen molar-refractivity contribution >= 4 is 11.9 Å². The molecule has 2 aliphatic heterocycles. The summed E-state index contributed by atoms with van der Waals surface area (Å²) < 4.78 is 46.4. The van der Waals surface area contributed by atoms with Gasteiger partial charge >= 0.3 is 6.09 Å². The van der Waals surface area contributed by atoms with Crippen LogP contribution in [0.5, 0.6) is 5.88 Å². The quantitative estimate of drug-likeness (QED) is 0.691. The van der Waals surface area contributed by atoms with E-state index in [1.54, 1.807) is 11.8 Å². The fourth-order valence-electron chi connectivity index (χ4n) is 4.54. The number of ether oxygens (including phenoxy) is 3. The van der Waals surface area contributed by atoms with E-state index in [4.69, 9.17) is 14.2 Å². The van der Waals surface area contributed by atoms with Crippen LogP contribution in [0.15, 0.2) is 42.2 Å². The van der Waals surface area contributed by atoms with E-state index in [-0.39, 0.29) is 47.2 Å². The maximum Gasteiger partial charge on any atom is 0.410 e. The van der Waals surface area contributed by atoms with Crippen molar-refractivity contribution in [2.45, 2.75) is 38.4 Å². The lowest BCUT2D eigenvalue weighted by Crippen LogP contribution is -2.59. The van der Waals surface area contributed by atoms with Gasteiger partial charge in [0, 0.05) is 36.5 Å². The number of carbonyl (C=O) groups is 1. The Labute approximate surface area is 196 Å². The Balaban J connectivity index is 1.29. The number of nitrogens with one attached hydrogen (secondary N) is 1. The van der Waals surface area contributed by atoms with Gasteiger partial charge in [0.1, 0.15) is 23.9 Å². The maximum absolute atomic E-state index is 15.3. The number of halogens is 2. The lowest BCUT2D eigenvalue weighted by atomic mass is 9.84. The molecule has 3 unspecified atom stereocenters. The Bertz CT molecular complexity index is 1060. The van der Waals surface area contributed by atoms with Crippen LogP contribution < -0.4 is 10.1 Å². The summed E-state index contributed by atoms with van der Waals surface area (Å²) in [6, 6.07) is 0. The summed E-state index contributed by atoms with van der Waals surface area (Å²) >= 11 is 0. The molecule has 0 aromatic carbocycles. The van der Waals surface area contributed by atoms with Gasteiger partial charge in [-0.05, 0) is 37.5 Å². The first-order valence-corrected chi connectivity index (χ1v) is 11.5. The number of hydrogen-bond acceptors (Lipinski definition) is 7. The molecule has 8 nitrogen and oxygen atoms in total. The highest BCUT2D eigenvalue weighted by atomic mass is 19.1. The molecule has 2 saturated heterocycles. The number of piperidine rings is 1. The van der Waals surface area contributed by atoms with Crippen LogP contribution in [-0.2, 0) is 9.47 Å². The number of fused-ring (bicyclic) bond motifs is 2. The van der Waals surface area contributed by atoms with Gasteiger partial charge in [-0.15, -0.1) is 0 Å². The third kappa shape index (κ3) is 4.38. The summed E-state index contributed by atoms with van der Waals surface area (Å²) in [7, 11) is 0. The Hall–Kier alpha value is -3.01. The zero-order valence-electron chi connectivity index (χ0n) is 19.2. The fraction of sp³-hybridized carbons (Fsp3) is 0.542. The van der Waals surface area contributed by atoms with Gasteiger partial charge in [-0.3, -0.25) is 0 Å². The number of carbonyl (C=O) groups excluding carboxylic acids is 1. The van der Waals surface area contributed by atoms with Gasteiger partial charge in [0.2, 0.25) is 5.82 Å². The molecule has 3 heterocycles. The molecule has 1 aromatic rings. The van der Waals surface area contributed by atoms with Crippen LogP contribution in [0, 0.1) is 23.6 Å². The molecule has 4 aliphatic rings. The summed E-state index contributed by atoms with van der Waals surface area (Å²) in [5, 5.41) is 2.92. The lowest BCUT2D eigenvalue weighted by molar-refractivity contribution is -0.112. The minimum Gasteiger partial charge on any atom is -0.471 e. The van der Waals surface area contributed by atoms with Crippen LogP contribution in [0.4, 0.5) is 19.4 Å². The van der Waals surface area contributed by atoms with Gasteiger partial charge in [0.15, 0.2) is 5.82 Å². The van der Waals surface area contributed by atoms with E-state index in [1.165, 1.54) is 18.5 Å². The average Bonchev–Trinajstić information content (AvgIpc) is 3.52. The Kier molecular flexibility index (Phi) is 5.79. The highest BCUT2D eigenvalue weighted by Crippen LogP contribution is 2.40. The molecule has 1 amide bonds. The number of aromatic nitrogens is 2. The van der Waals surface area contributed by atoms with Gasteiger partial charge in [-0.1, -0.05) is 13.5 Å². The Morgan fingerprint density at radius 1 is 1.24 bits per heavy atom. The van der Waals surface area contributed by atoms with Crippen molar-refractivity contribution in [3.05, 3.63) is 48.0 Å². The van der Waals surface area contributed by atoms with E-state index in [2.05, 4.69) is 21.9 Å². The van der Waals surface area contributed by atoms with Crippen LogP contribution in [0.2, 0.25) is 0 Å². The third-order valence-corrected chi connectivity index (χ3v) is 7.02. The standard InChI is InChI=1S/C24H28F2N4O4/c1-13-14(2)18(5-4-17(13)25)29-21-19(26)22(28-12-27-21)33-20-15-8-30(9-16(20)11-32-10-15)23(31)34-24(3)6-7-24/h4-5,12,14-16,20H,1,6-11H2,2-3H3,(H,27,28,29). The lowest BCUT2D eigenvalue weighted by Gasteiger charge is -2.46. The second kappa shape index (κ2) is 8.65. The molecule has 2 bridgehead atoms. The molecule has 1 N–H and O–H groups in total. The predicted molar refractivity (Wildman–Crippen MR) is 119 cm³/mol. The second-order valence-corrected chi connectivity index (χ2v) is 9.71. The Morgan fingerprint density at radius 3 is 2.62 bits per heavy atom.